The van der Waals surface area contributed by atoms with Crippen molar-refractivity contribution in [3.8, 4) is 78.4 Å². The lowest BCUT2D eigenvalue weighted by molar-refractivity contribution is 0.568. The van der Waals surface area contributed by atoms with Crippen LogP contribution in [0.2, 0.25) is 0 Å². The van der Waals surface area contributed by atoms with Crippen LogP contribution in [0.1, 0.15) is 158 Å². The van der Waals surface area contributed by atoms with E-state index in [1.807, 2.05) is 0 Å². The number of anilines is 6. The van der Waals surface area contributed by atoms with Crippen molar-refractivity contribution >= 4 is 57.2 Å². The maximum absolute atomic E-state index is 5.98. The molecule has 12 aromatic rings. The van der Waals surface area contributed by atoms with Gasteiger partial charge < -0.3 is 9.80 Å². The monoisotopic (exact) mass is 1290 g/mol. The summed E-state index contributed by atoms with van der Waals surface area (Å²) in [5.41, 5.74) is 31.2. The van der Waals surface area contributed by atoms with E-state index in [-0.39, 0.29) is 39.2 Å². The molecule has 14 rings (SSSR count). The lowest BCUT2D eigenvalue weighted by atomic mass is 9.33. The molecule has 99 heavy (non-hydrogen) atoms. The zero-order valence-electron chi connectivity index (χ0n) is 61.5. The van der Waals surface area contributed by atoms with Crippen LogP contribution in [0.3, 0.4) is 0 Å². The maximum Gasteiger partial charge on any atom is 0.252 e. The molecule has 0 unspecified atom stereocenters. The van der Waals surface area contributed by atoms with Crippen LogP contribution in [0, 0.1) is 0 Å². The predicted molar refractivity (Wildman–Crippen MR) is 426 cm³/mol. The van der Waals surface area contributed by atoms with Crippen LogP contribution in [0.25, 0.3) is 78.4 Å². The third kappa shape index (κ3) is 13.0. The topological polar surface area (TPSA) is 32.3 Å². The highest BCUT2D eigenvalue weighted by molar-refractivity contribution is 7.00. The number of rotatable bonds is 9. The largest absolute Gasteiger partial charge is 0.311 e. The van der Waals surface area contributed by atoms with Crippen molar-refractivity contribution in [1.82, 2.24) is 9.97 Å². The maximum atomic E-state index is 5.98. The molecule has 0 radical (unpaired) electrons. The fraction of sp³-hybridized carbons (Fsp3) is 0.255. The fourth-order valence-electron chi connectivity index (χ4n) is 14.4. The molecule has 0 amide bonds. The number of aromatic nitrogens is 2. The molecule has 2 aliphatic rings. The summed E-state index contributed by atoms with van der Waals surface area (Å²) in [5, 5.41) is 0. The minimum Gasteiger partial charge on any atom is -0.311 e. The number of nitrogens with zero attached hydrogens (tertiary/aromatic N) is 4. The highest BCUT2D eigenvalue weighted by atomic mass is 15.2. The molecule has 3 heterocycles. The van der Waals surface area contributed by atoms with Gasteiger partial charge in [0.05, 0.1) is 11.4 Å². The van der Waals surface area contributed by atoms with E-state index < -0.39 is 0 Å². The van der Waals surface area contributed by atoms with Crippen molar-refractivity contribution < 1.29 is 0 Å². The van der Waals surface area contributed by atoms with Crippen LogP contribution in [-0.2, 0) is 32.5 Å². The normalized spacial score (nSPS) is 13.3. The van der Waals surface area contributed by atoms with Crippen molar-refractivity contribution in [2.24, 2.45) is 0 Å². The molecule has 5 heteroatoms. The molecule has 0 saturated heterocycles. The standard InChI is InChI=1S/C94H95BN4/c1-89(2,3)71-39-41-83-79(57-71)95-80-58-72(90(4,5)6)40-42-84(80)99(78-51-66(62-35-27-21-28-36-62)44-67(52-78)63-37-29-22-30-38-63)86-54-69(53-85(87(86)95)98(83)77-49-64(60-31-23-19-24-32-60)43-65(50-77)61-33-25-20-26-34-61)82-59-81(68-45-73(91(7,8)9)55-74(46-68)92(10,11)12)96-88(97-82)70-47-75(93(13,14)15)56-76(48-70)94(16,17)18/h19-59H,1-18H3. The van der Waals surface area contributed by atoms with Gasteiger partial charge in [-0.05, 0) is 218 Å². The Morgan fingerprint density at radius 2 is 0.525 bits per heavy atom. The van der Waals surface area contributed by atoms with E-state index in [9.17, 15) is 0 Å². The second-order valence-electron chi connectivity index (χ2n) is 34.1. The molecule has 0 fully saturated rings. The molecule has 1 aromatic heterocycles. The van der Waals surface area contributed by atoms with Crippen LogP contribution in [0.15, 0.2) is 249 Å². The second-order valence-corrected chi connectivity index (χ2v) is 34.1. The molecular formula is C94H95BN4. The Bertz CT molecular complexity index is 4570. The lowest BCUT2D eigenvalue weighted by Gasteiger charge is -2.45. The SMILES string of the molecule is CC(C)(C)c1cc(-c2cc(-c3cc4c5c(c3)N(c3cc(-c6ccccc6)cc(-c6ccccc6)c3)c3ccc(C(C)(C)C)cc3B5c3cc(C(C)(C)C)ccc3N4c3cc(-c4ccccc4)cc(-c4ccccc4)c3)nc(-c3cc(C(C)(C)C)cc(C(C)(C)C)c3)n2)cc(C(C)(C)C)c1. The van der Waals surface area contributed by atoms with Gasteiger partial charge in [0.15, 0.2) is 5.82 Å². The molecule has 0 aliphatic carbocycles. The predicted octanol–water partition coefficient (Wildman–Crippen LogP) is 24.0. The number of hydrogen-bond acceptors (Lipinski definition) is 4. The molecule has 2 aliphatic heterocycles. The minimum atomic E-state index is -0.175. The fourth-order valence-corrected chi connectivity index (χ4v) is 14.4. The Labute approximate surface area is 591 Å². The average molecular weight is 1290 g/mol. The zero-order valence-corrected chi connectivity index (χ0v) is 61.5. The third-order valence-electron chi connectivity index (χ3n) is 20.5. The van der Waals surface area contributed by atoms with E-state index in [1.54, 1.807) is 0 Å². The summed E-state index contributed by atoms with van der Waals surface area (Å²) in [6.07, 6.45) is 0. The lowest BCUT2D eigenvalue weighted by Crippen LogP contribution is -2.61. The molecule has 0 atom stereocenters. The minimum absolute atomic E-state index is 0.133. The van der Waals surface area contributed by atoms with Crippen LogP contribution in [0.5, 0.6) is 0 Å². The average Bonchev–Trinajstić information content (AvgIpc) is 0.691. The Balaban J connectivity index is 1.16. The summed E-state index contributed by atoms with van der Waals surface area (Å²) >= 11 is 0. The quantitative estimate of drug-likeness (QED) is 0.135. The van der Waals surface area contributed by atoms with E-state index in [4.69, 9.17) is 9.97 Å². The first-order chi connectivity index (χ1) is 46.8. The van der Waals surface area contributed by atoms with Crippen molar-refractivity contribution in [2.45, 2.75) is 157 Å². The van der Waals surface area contributed by atoms with Gasteiger partial charge in [0.2, 0.25) is 0 Å². The van der Waals surface area contributed by atoms with Gasteiger partial charge in [0.25, 0.3) is 6.71 Å². The van der Waals surface area contributed by atoms with Gasteiger partial charge in [-0.15, -0.1) is 0 Å². The highest BCUT2D eigenvalue weighted by Crippen LogP contribution is 2.50. The molecular weight excluding hydrogens is 1200 g/mol. The van der Waals surface area contributed by atoms with Crippen LogP contribution >= 0.6 is 0 Å². The Hall–Kier alpha value is -9.84. The van der Waals surface area contributed by atoms with Crippen LogP contribution in [0.4, 0.5) is 34.1 Å². The molecule has 0 bridgehead atoms. The van der Waals surface area contributed by atoms with E-state index in [0.29, 0.717) is 5.82 Å². The zero-order chi connectivity index (χ0) is 69.9. The number of hydrogen-bond donors (Lipinski definition) is 0. The van der Waals surface area contributed by atoms with Crippen LogP contribution < -0.4 is 26.2 Å². The summed E-state index contributed by atoms with van der Waals surface area (Å²) < 4.78 is 0. The van der Waals surface area contributed by atoms with Gasteiger partial charge in [-0.1, -0.05) is 282 Å². The Morgan fingerprint density at radius 1 is 0.232 bits per heavy atom. The van der Waals surface area contributed by atoms with Gasteiger partial charge in [0, 0.05) is 50.8 Å². The first-order valence-corrected chi connectivity index (χ1v) is 35.6. The van der Waals surface area contributed by atoms with Gasteiger partial charge in [0.1, 0.15) is 0 Å². The van der Waals surface area contributed by atoms with Crippen molar-refractivity contribution in [2.75, 3.05) is 9.80 Å². The molecule has 0 spiro atoms. The smallest absolute Gasteiger partial charge is 0.252 e. The van der Waals surface area contributed by atoms with Gasteiger partial charge >= 0.3 is 0 Å². The van der Waals surface area contributed by atoms with Crippen molar-refractivity contribution in [3.05, 3.63) is 282 Å². The summed E-state index contributed by atoms with van der Waals surface area (Å²) in [7, 11) is 0. The van der Waals surface area contributed by atoms with Gasteiger partial charge in [-0.2, -0.15) is 0 Å². The molecule has 11 aromatic carbocycles. The third-order valence-corrected chi connectivity index (χ3v) is 20.5. The Kier molecular flexibility index (Phi) is 16.5. The molecule has 0 saturated carbocycles. The summed E-state index contributed by atoms with van der Waals surface area (Å²) in [4.78, 5) is 17.0. The molecule has 4 nitrogen and oxygen atoms in total. The second kappa shape index (κ2) is 24.6. The number of fused-ring (bicyclic) bond motifs is 4. The van der Waals surface area contributed by atoms with E-state index >= 15 is 0 Å². The van der Waals surface area contributed by atoms with Crippen LogP contribution in [-0.4, -0.2) is 16.7 Å². The van der Waals surface area contributed by atoms with Gasteiger partial charge in [-0.3, -0.25) is 0 Å². The van der Waals surface area contributed by atoms with Crippen molar-refractivity contribution in [3.63, 3.8) is 0 Å². The summed E-state index contributed by atoms with van der Waals surface area (Å²) in [6.45, 7) is 41.8. The summed E-state index contributed by atoms with van der Waals surface area (Å²) in [5.74, 6) is 0.696. The molecule has 494 valence electrons. The van der Waals surface area contributed by atoms with E-state index in [0.717, 1.165) is 107 Å². The molecule has 0 N–H and O–H groups in total. The van der Waals surface area contributed by atoms with E-state index in [1.165, 1.54) is 49.8 Å². The number of benzene rings is 11. The first-order valence-electron chi connectivity index (χ1n) is 35.6. The van der Waals surface area contributed by atoms with Gasteiger partial charge in [-0.25, -0.2) is 9.97 Å². The Morgan fingerprint density at radius 3 is 0.828 bits per heavy atom. The highest BCUT2D eigenvalue weighted by Gasteiger charge is 2.45. The van der Waals surface area contributed by atoms with Crippen molar-refractivity contribution in [1.29, 1.82) is 0 Å². The van der Waals surface area contributed by atoms with E-state index in [2.05, 4.69) is 383 Å². The summed E-state index contributed by atoms with van der Waals surface area (Å²) in [6, 6.07) is 94.5. The first kappa shape index (κ1) is 66.4.